The summed E-state index contributed by atoms with van der Waals surface area (Å²) in [7, 11) is 0. The number of amides is 1. The van der Waals surface area contributed by atoms with Gasteiger partial charge in [-0.25, -0.2) is 13.9 Å². The van der Waals surface area contributed by atoms with Gasteiger partial charge in [0.05, 0.1) is 18.4 Å². The summed E-state index contributed by atoms with van der Waals surface area (Å²) in [6, 6.07) is 4.56. The largest absolute Gasteiger partial charge is 0.484 e. The Morgan fingerprint density at radius 1 is 1.29 bits per heavy atom. The van der Waals surface area contributed by atoms with Crippen LogP contribution in [0.2, 0.25) is 0 Å². The highest BCUT2D eigenvalue weighted by Gasteiger charge is 2.32. The lowest BCUT2D eigenvalue weighted by Gasteiger charge is -2.38. The van der Waals surface area contributed by atoms with Crippen LogP contribution in [0.4, 0.5) is 9.18 Å². The fourth-order valence-corrected chi connectivity index (χ4v) is 3.93. The Morgan fingerprint density at radius 2 is 2.12 bits per heavy atom. The minimum absolute atomic E-state index is 0.0752. The van der Waals surface area contributed by atoms with E-state index in [2.05, 4.69) is 25.7 Å². The molecule has 4 rings (SSSR count). The number of hydrogen-bond acceptors (Lipinski definition) is 8. The molecule has 0 N–H and O–H groups in total. The van der Waals surface area contributed by atoms with Crippen LogP contribution in [-0.4, -0.2) is 64.4 Å². The van der Waals surface area contributed by atoms with Gasteiger partial charge in [-0.05, 0) is 69.0 Å². The minimum Gasteiger partial charge on any atom is -0.484 e. The van der Waals surface area contributed by atoms with Crippen LogP contribution in [-0.2, 0) is 17.9 Å². The quantitative estimate of drug-likeness (QED) is 0.538. The molecule has 1 aliphatic heterocycles. The second-order valence-electron chi connectivity index (χ2n) is 9.46. The van der Waals surface area contributed by atoms with Gasteiger partial charge in [0.1, 0.15) is 24.2 Å². The van der Waals surface area contributed by atoms with Crippen molar-refractivity contribution in [1.82, 2.24) is 40.1 Å². The van der Waals surface area contributed by atoms with E-state index >= 15 is 0 Å². The molecule has 2 aromatic heterocycles. The first-order valence-electron chi connectivity index (χ1n) is 11.2. The molecule has 12 heteroatoms. The fraction of sp³-hybridized carbons (Fsp3) is 0.545. The summed E-state index contributed by atoms with van der Waals surface area (Å²) in [6.45, 7) is 9.01. The van der Waals surface area contributed by atoms with Gasteiger partial charge in [0, 0.05) is 18.7 Å². The Bertz CT molecular complexity index is 1110. The lowest BCUT2D eigenvalue weighted by molar-refractivity contribution is 0.00589. The monoisotopic (exact) mass is 472 g/mol. The summed E-state index contributed by atoms with van der Waals surface area (Å²) in [4.78, 5) is 15.8. The lowest BCUT2D eigenvalue weighted by Crippen LogP contribution is -2.47. The van der Waals surface area contributed by atoms with Gasteiger partial charge in [-0.15, -0.1) is 5.10 Å². The maximum absolute atomic E-state index is 14.4. The third-order valence-corrected chi connectivity index (χ3v) is 5.52. The normalized spacial score (nSPS) is 18.7. The molecule has 0 saturated carbocycles. The van der Waals surface area contributed by atoms with Crippen LogP contribution in [0.3, 0.4) is 0 Å². The predicted molar refractivity (Wildman–Crippen MR) is 119 cm³/mol. The average Bonchev–Trinajstić information content (AvgIpc) is 3.44. The van der Waals surface area contributed by atoms with E-state index < -0.39 is 11.4 Å². The predicted octanol–water partition coefficient (Wildman–Crippen LogP) is 3.01. The first-order chi connectivity index (χ1) is 16.2. The maximum Gasteiger partial charge on any atom is 0.410 e. The van der Waals surface area contributed by atoms with Crippen LogP contribution in [0, 0.1) is 11.7 Å². The maximum atomic E-state index is 14.4. The number of benzene rings is 1. The number of ether oxygens (including phenoxy) is 2. The molecule has 2 atom stereocenters. The first kappa shape index (κ1) is 23.6. The van der Waals surface area contributed by atoms with Crippen LogP contribution in [0.1, 0.15) is 46.2 Å². The lowest BCUT2D eigenvalue weighted by atomic mass is 9.92. The van der Waals surface area contributed by atoms with E-state index in [0.29, 0.717) is 30.4 Å². The molecule has 34 heavy (non-hydrogen) atoms. The highest BCUT2D eigenvalue weighted by atomic mass is 19.1. The zero-order valence-electron chi connectivity index (χ0n) is 19.8. The van der Waals surface area contributed by atoms with E-state index in [9.17, 15) is 9.18 Å². The minimum atomic E-state index is -0.522. The van der Waals surface area contributed by atoms with Gasteiger partial charge < -0.3 is 14.4 Å². The SMILES string of the molecule is CC1CC(Cn2ncc(COc3ccc(-n4cnnn4)cc3F)n2)CCN1C(=O)OC(C)(C)C. The number of hydrogen-bond donors (Lipinski definition) is 0. The third kappa shape index (κ3) is 5.86. The molecule has 0 spiro atoms. The van der Waals surface area contributed by atoms with Crippen molar-refractivity contribution in [2.75, 3.05) is 6.54 Å². The van der Waals surface area contributed by atoms with Crippen molar-refractivity contribution in [3.8, 4) is 11.4 Å². The van der Waals surface area contributed by atoms with Crippen LogP contribution in [0.5, 0.6) is 5.75 Å². The summed E-state index contributed by atoms with van der Waals surface area (Å²) in [6.07, 6.45) is 4.41. The molecule has 182 valence electrons. The topological polar surface area (TPSA) is 113 Å². The average molecular weight is 473 g/mol. The summed E-state index contributed by atoms with van der Waals surface area (Å²) in [5.41, 5.74) is 0.584. The Balaban J connectivity index is 1.28. The van der Waals surface area contributed by atoms with E-state index in [1.807, 2.05) is 27.7 Å². The highest BCUT2D eigenvalue weighted by Crippen LogP contribution is 2.26. The number of tetrazole rings is 1. The number of aromatic nitrogens is 7. The molecule has 0 radical (unpaired) electrons. The Morgan fingerprint density at radius 3 is 2.79 bits per heavy atom. The Labute approximate surface area is 196 Å². The highest BCUT2D eigenvalue weighted by molar-refractivity contribution is 5.68. The Hall–Kier alpha value is -3.57. The van der Waals surface area contributed by atoms with E-state index in [0.717, 1.165) is 12.8 Å². The van der Waals surface area contributed by atoms with Crippen molar-refractivity contribution in [3.63, 3.8) is 0 Å². The van der Waals surface area contributed by atoms with Crippen molar-refractivity contribution in [2.45, 2.75) is 65.3 Å². The molecule has 11 nitrogen and oxygen atoms in total. The molecule has 1 amide bonds. The molecule has 3 heterocycles. The number of carbonyl (C=O) groups is 1. The van der Waals surface area contributed by atoms with E-state index in [1.54, 1.807) is 22.0 Å². The van der Waals surface area contributed by atoms with Gasteiger partial charge in [-0.3, -0.25) is 0 Å². The zero-order chi connectivity index (χ0) is 24.3. The van der Waals surface area contributed by atoms with E-state index in [4.69, 9.17) is 9.47 Å². The smallest absolute Gasteiger partial charge is 0.410 e. The standard InChI is InChI=1S/C22H29FN8O3/c1-15-9-16(7-8-29(15)21(32)34-22(2,3)4)12-31-25-11-17(26-31)13-33-20-6-5-18(10-19(20)23)30-14-24-27-28-30/h5-6,10-11,14-16H,7-9,12-13H2,1-4H3. The zero-order valence-corrected chi connectivity index (χ0v) is 19.8. The molecule has 1 saturated heterocycles. The number of halogens is 1. The Kier molecular flexibility index (Phi) is 6.75. The molecular formula is C22H29FN8O3. The first-order valence-corrected chi connectivity index (χ1v) is 11.2. The van der Waals surface area contributed by atoms with Gasteiger partial charge in [-0.2, -0.15) is 15.0 Å². The van der Waals surface area contributed by atoms with Crippen molar-refractivity contribution in [2.24, 2.45) is 5.92 Å². The van der Waals surface area contributed by atoms with Crippen molar-refractivity contribution >= 4 is 6.09 Å². The number of rotatable bonds is 6. The van der Waals surface area contributed by atoms with Crippen LogP contribution in [0.25, 0.3) is 5.69 Å². The number of piperidine rings is 1. The molecule has 0 aliphatic carbocycles. The van der Waals surface area contributed by atoms with Gasteiger partial charge in [0.15, 0.2) is 11.6 Å². The second-order valence-corrected chi connectivity index (χ2v) is 9.46. The van der Waals surface area contributed by atoms with Crippen LogP contribution < -0.4 is 4.74 Å². The van der Waals surface area contributed by atoms with Crippen LogP contribution in [0.15, 0.2) is 30.7 Å². The molecule has 2 unspecified atom stereocenters. The number of likely N-dealkylation sites (tertiary alicyclic amines) is 1. The fourth-order valence-electron chi connectivity index (χ4n) is 3.93. The molecular weight excluding hydrogens is 443 g/mol. The van der Waals surface area contributed by atoms with Gasteiger partial charge in [0.2, 0.25) is 0 Å². The number of carbonyl (C=O) groups excluding carboxylic acids is 1. The van der Waals surface area contributed by atoms with Gasteiger partial charge in [-0.1, -0.05) is 0 Å². The summed E-state index contributed by atoms with van der Waals surface area (Å²) in [5.74, 6) is -0.0769. The summed E-state index contributed by atoms with van der Waals surface area (Å²) < 4.78 is 26.8. The summed E-state index contributed by atoms with van der Waals surface area (Å²) in [5, 5.41) is 19.6. The molecule has 3 aromatic rings. The van der Waals surface area contributed by atoms with Crippen molar-refractivity contribution < 1.29 is 18.7 Å². The van der Waals surface area contributed by atoms with Gasteiger partial charge in [0.25, 0.3) is 0 Å². The molecule has 1 aliphatic rings. The van der Waals surface area contributed by atoms with E-state index in [1.165, 1.54) is 23.1 Å². The van der Waals surface area contributed by atoms with Gasteiger partial charge >= 0.3 is 6.09 Å². The van der Waals surface area contributed by atoms with E-state index in [-0.39, 0.29) is 24.5 Å². The molecule has 1 aromatic carbocycles. The van der Waals surface area contributed by atoms with Crippen molar-refractivity contribution in [3.05, 3.63) is 42.2 Å². The number of nitrogens with zero attached hydrogens (tertiary/aromatic N) is 8. The molecule has 0 bridgehead atoms. The van der Waals surface area contributed by atoms with Crippen molar-refractivity contribution in [1.29, 1.82) is 0 Å². The third-order valence-electron chi connectivity index (χ3n) is 5.52. The molecule has 1 fully saturated rings. The second kappa shape index (κ2) is 9.74. The summed E-state index contributed by atoms with van der Waals surface area (Å²) >= 11 is 0. The van der Waals surface area contributed by atoms with Crippen LogP contribution >= 0.6 is 0 Å².